The SMILES string of the molecule is Cc1cc(C)cc(OCc2n[nH]c(=S)n2NC(=O)Cc2ccccc2)c1. The highest BCUT2D eigenvalue weighted by atomic mass is 32.1. The first kappa shape index (κ1) is 17.9. The number of nitrogens with zero attached hydrogens (tertiary/aromatic N) is 2. The van der Waals surface area contributed by atoms with Crippen LogP contribution in [0.25, 0.3) is 0 Å². The zero-order chi connectivity index (χ0) is 18.5. The van der Waals surface area contributed by atoms with Gasteiger partial charge >= 0.3 is 0 Å². The number of benzene rings is 2. The number of amides is 1. The van der Waals surface area contributed by atoms with Crippen LogP contribution in [-0.2, 0) is 17.8 Å². The van der Waals surface area contributed by atoms with E-state index in [2.05, 4.69) is 21.7 Å². The summed E-state index contributed by atoms with van der Waals surface area (Å²) in [7, 11) is 0. The predicted molar refractivity (Wildman–Crippen MR) is 102 cm³/mol. The summed E-state index contributed by atoms with van der Waals surface area (Å²) < 4.78 is 7.56. The van der Waals surface area contributed by atoms with Gasteiger partial charge in [0, 0.05) is 0 Å². The summed E-state index contributed by atoms with van der Waals surface area (Å²) in [6.45, 7) is 4.21. The van der Waals surface area contributed by atoms with Gasteiger partial charge in [-0.3, -0.25) is 15.3 Å². The van der Waals surface area contributed by atoms with Crippen LogP contribution < -0.4 is 10.2 Å². The topological polar surface area (TPSA) is 71.9 Å². The maximum Gasteiger partial charge on any atom is 0.243 e. The smallest absolute Gasteiger partial charge is 0.243 e. The number of hydrogen-bond donors (Lipinski definition) is 2. The molecule has 1 heterocycles. The molecule has 26 heavy (non-hydrogen) atoms. The Labute approximate surface area is 156 Å². The van der Waals surface area contributed by atoms with Crippen molar-refractivity contribution in [3.63, 3.8) is 0 Å². The maximum atomic E-state index is 12.3. The van der Waals surface area contributed by atoms with E-state index < -0.39 is 0 Å². The Balaban J connectivity index is 1.68. The summed E-state index contributed by atoms with van der Waals surface area (Å²) in [6, 6.07) is 15.5. The number of carbonyl (C=O) groups excluding carboxylic acids is 1. The molecule has 0 saturated heterocycles. The number of rotatable bonds is 6. The van der Waals surface area contributed by atoms with Crippen molar-refractivity contribution in [1.29, 1.82) is 0 Å². The van der Waals surface area contributed by atoms with E-state index in [-0.39, 0.29) is 18.9 Å². The third kappa shape index (κ3) is 4.58. The minimum atomic E-state index is -0.179. The second-order valence-electron chi connectivity index (χ2n) is 6.09. The van der Waals surface area contributed by atoms with Gasteiger partial charge in [-0.15, -0.1) is 0 Å². The molecule has 0 radical (unpaired) electrons. The van der Waals surface area contributed by atoms with E-state index in [1.165, 1.54) is 4.68 Å². The van der Waals surface area contributed by atoms with Crippen molar-refractivity contribution in [1.82, 2.24) is 14.9 Å². The van der Waals surface area contributed by atoms with Gasteiger partial charge in [-0.05, 0) is 54.9 Å². The van der Waals surface area contributed by atoms with Crippen LogP contribution in [0.1, 0.15) is 22.5 Å². The van der Waals surface area contributed by atoms with E-state index >= 15 is 0 Å². The molecule has 0 bridgehead atoms. The molecular weight excluding hydrogens is 348 g/mol. The van der Waals surface area contributed by atoms with Crippen molar-refractivity contribution in [2.45, 2.75) is 26.9 Å². The normalized spacial score (nSPS) is 10.5. The van der Waals surface area contributed by atoms with E-state index in [1.807, 2.05) is 56.3 Å². The lowest BCUT2D eigenvalue weighted by molar-refractivity contribution is -0.116. The molecule has 0 unspecified atom stereocenters. The fraction of sp³-hybridized carbons (Fsp3) is 0.211. The van der Waals surface area contributed by atoms with Gasteiger partial charge < -0.3 is 4.74 Å². The highest BCUT2D eigenvalue weighted by molar-refractivity contribution is 7.71. The van der Waals surface area contributed by atoms with Gasteiger partial charge in [0.15, 0.2) is 5.82 Å². The van der Waals surface area contributed by atoms with E-state index in [0.29, 0.717) is 10.6 Å². The molecule has 0 aliphatic heterocycles. The zero-order valence-electron chi connectivity index (χ0n) is 14.7. The summed E-state index contributed by atoms with van der Waals surface area (Å²) in [5, 5.41) is 6.83. The van der Waals surface area contributed by atoms with Crippen LogP contribution in [0.15, 0.2) is 48.5 Å². The van der Waals surface area contributed by atoms with Crippen LogP contribution in [0.4, 0.5) is 0 Å². The standard InChI is InChI=1S/C19H20N4O2S/c1-13-8-14(2)10-16(9-13)25-12-17-20-21-19(26)23(17)22-18(24)11-15-6-4-3-5-7-15/h3-10H,11-12H2,1-2H3,(H,21,26)(H,22,24). The molecule has 0 atom stereocenters. The first-order chi connectivity index (χ1) is 12.5. The first-order valence-electron chi connectivity index (χ1n) is 8.22. The second kappa shape index (κ2) is 7.97. The van der Waals surface area contributed by atoms with Crippen molar-refractivity contribution in [3.8, 4) is 5.75 Å². The van der Waals surface area contributed by atoms with E-state index in [0.717, 1.165) is 22.4 Å². The summed E-state index contributed by atoms with van der Waals surface area (Å²) in [5.41, 5.74) is 5.93. The molecule has 6 nitrogen and oxygen atoms in total. The van der Waals surface area contributed by atoms with Crippen molar-refractivity contribution in [2.24, 2.45) is 0 Å². The lowest BCUT2D eigenvalue weighted by Gasteiger charge is -2.11. The number of aromatic nitrogens is 3. The van der Waals surface area contributed by atoms with E-state index in [4.69, 9.17) is 17.0 Å². The molecule has 7 heteroatoms. The van der Waals surface area contributed by atoms with Crippen molar-refractivity contribution in [2.75, 3.05) is 5.43 Å². The van der Waals surface area contributed by atoms with Crippen LogP contribution in [0, 0.1) is 18.6 Å². The molecule has 134 valence electrons. The maximum absolute atomic E-state index is 12.3. The van der Waals surface area contributed by atoms with E-state index in [9.17, 15) is 4.79 Å². The van der Waals surface area contributed by atoms with Crippen molar-refractivity contribution < 1.29 is 9.53 Å². The van der Waals surface area contributed by atoms with Crippen LogP contribution in [0.3, 0.4) is 0 Å². The Morgan fingerprint density at radius 3 is 2.58 bits per heavy atom. The predicted octanol–water partition coefficient (Wildman–Crippen LogP) is 3.45. The van der Waals surface area contributed by atoms with Gasteiger partial charge in [0.05, 0.1) is 6.42 Å². The summed E-state index contributed by atoms with van der Waals surface area (Å²) >= 11 is 5.20. The van der Waals surface area contributed by atoms with Gasteiger partial charge in [0.2, 0.25) is 10.7 Å². The first-order valence-corrected chi connectivity index (χ1v) is 8.63. The molecule has 1 aromatic heterocycles. The fourth-order valence-electron chi connectivity index (χ4n) is 2.65. The van der Waals surface area contributed by atoms with Gasteiger partial charge in [-0.2, -0.15) is 5.10 Å². The molecule has 0 saturated carbocycles. The lowest BCUT2D eigenvalue weighted by Crippen LogP contribution is -2.26. The van der Waals surface area contributed by atoms with Gasteiger partial charge in [-0.25, -0.2) is 4.68 Å². The van der Waals surface area contributed by atoms with Gasteiger partial charge in [0.25, 0.3) is 0 Å². The quantitative estimate of drug-likeness (QED) is 0.654. The largest absolute Gasteiger partial charge is 0.486 e. The average Bonchev–Trinajstić information content (AvgIpc) is 2.93. The fourth-order valence-corrected chi connectivity index (χ4v) is 2.85. The van der Waals surface area contributed by atoms with Gasteiger partial charge in [0.1, 0.15) is 12.4 Å². The number of aryl methyl sites for hydroxylation is 2. The summed E-state index contributed by atoms with van der Waals surface area (Å²) in [5.74, 6) is 1.07. The Hall–Kier alpha value is -2.93. The zero-order valence-corrected chi connectivity index (χ0v) is 15.5. The highest BCUT2D eigenvalue weighted by Gasteiger charge is 2.11. The summed E-state index contributed by atoms with van der Waals surface area (Å²) in [6.07, 6.45) is 0.255. The van der Waals surface area contributed by atoms with Crippen LogP contribution in [0.5, 0.6) is 5.75 Å². The second-order valence-corrected chi connectivity index (χ2v) is 6.48. The lowest BCUT2D eigenvalue weighted by atomic mass is 10.1. The Morgan fingerprint density at radius 1 is 1.19 bits per heavy atom. The number of hydrogen-bond acceptors (Lipinski definition) is 4. The summed E-state index contributed by atoms with van der Waals surface area (Å²) in [4.78, 5) is 12.3. The number of ether oxygens (including phenoxy) is 1. The van der Waals surface area contributed by atoms with Crippen LogP contribution in [-0.4, -0.2) is 20.8 Å². The minimum Gasteiger partial charge on any atom is -0.486 e. The third-order valence-electron chi connectivity index (χ3n) is 3.75. The minimum absolute atomic E-state index is 0.179. The molecule has 0 fully saturated rings. The molecule has 3 rings (SSSR count). The molecule has 2 aromatic carbocycles. The monoisotopic (exact) mass is 368 g/mol. The highest BCUT2D eigenvalue weighted by Crippen LogP contribution is 2.17. The number of nitrogens with one attached hydrogen (secondary N) is 2. The van der Waals surface area contributed by atoms with Crippen molar-refractivity contribution in [3.05, 3.63) is 75.8 Å². The van der Waals surface area contributed by atoms with Crippen molar-refractivity contribution >= 4 is 18.1 Å². The molecule has 1 amide bonds. The van der Waals surface area contributed by atoms with Gasteiger partial charge in [-0.1, -0.05) is 36.4 Å². The Morgan fingerprint density at radius 2 is 1.88 bits per heavy atom. The number of aromatic amines is 1. The van der Waals surface area contributed by atoms with E-state index in [1.54, 1.807) is 0 Å². The molecule has 2 N–H and O–H groups in total. The van der Waals surface area contributed by atoms with Crippen LogP contribution >= 0.6 is 12.2 Å². The third-order valence-corrected chi connectivity index (χ3v) is 4.02. The molecule has 0 aliphatic carbocycles. The molecule has 0 aliphatic rings. The molecule has 3 aromatic rings. The molecule has 0 spiro atoms. The number of H-pyrrole nitrogens is 1. The van der Waals surface area contributed by atoms with Crippen LogP contribution in [0.2, 0.25) is 0 Å². The molecular formula is C19H20N4O2S. The Kier molecular flexibility index (Phi) is 5.48. The Bertz CT molecular complexity index is 943. The number of carbonyl (C=O) groups is 1. The average molecular weight is 368 g/mol.